The largest absolute Gasteiger partial charge is 0.493 e. The Labute approximate surface area is 180 Å². The lowest BCUT2D eigenvalue weighted by atomic mass is 10.1. The number of hydrogen-bond acceptors (Lipinski definition) is 7. The van der Waals surface area contributed by atoms with E-state index in [9.17, 15) is 14.4 Å². The number of likely N-dealkylation sites (tertiary alicyclic amines) is 1. The number of esters is 1. The fraction of sp³-hybridized carbons (Fsp3) is 0.409. The van der Waals surface area contributed by atoms with Crippen molar-refractivity contribution in [3.05, 3.63) is 41.9 Å². The van der Waals surface area contributed by atoms with Gasteiger partial charge in [-0.2, -0.15) is 0 Å². The van der Waals surface area contributed by atoms with Crippen molar-refractivity contribution in [3.63, 3.8) is 0 Å². The molecule has 0 unspecified atom stereocenters. The molecule has 1 aliphatic rings. The number of nitrogens with one attached hydrogen (secondary N) is 1. The van der Waals surface area contributed by atoms with Gasteiger partial charge < -0.3 is 28.8 Å². The van der Waals surface area contributed by atoms with Crippen LogP contribution in [0.2, 0.25) is 0 Å². The highest BCUT2D eigenvalue weighted by molar-refractivity contribution is 6.07. The van der Waals surface area contributed by atoms with E-state index < -0.39 is 11.9 Å². The van der Waals surface area contributed by atoms with Gasteiger partial charge in [-0.15, -0.1) is 0 Å². The lowest BCUT2D eigenvalue weighted by molar-refractivity contribution is -0.134. The SMILES string of the molecule is COc1cc(NC(=O)c2ccco2)c(C(=O)OCC(=O)N2CCCCCC2)cc1OC. The number of methoxy groups -OCH3 is 2. The van der Waals surface area contributed by atoms with Crippen LogP contribution < -0.4 is 14.8 Å². The summed E-state index contributed by atoms with van der Waals surface area (Å²) in [7, 11) is 2.87. The molecule has 3 rings (SSSR count). The maximum absolute atomic E-state index is 12.8. The fourth-order valence-corrected chi connectivity index (χ4v) is 3.36. The van der Waals surface area contributed by atoms with Gasteiger partial charge in [0.2, 0.25) is 0 Å². The van der Waals surface area contributed by atoms with E-state index in [-0.39, 0.29) is 35.3 Å². The highest BCUT2D eigenvalue weighted by atomic mass is 16.5. The minimum Gasteiger partial charge on any atom is -0.493 e. The number of furan rings is 1. The monoisotopic (exact) mass is 430 g/mol. The summed E-state index contributed by atoms with van der Waals surface area (Å²) >= 11 is 0. The van der Waals surface area contributed by atoms with Crippen LogP contribution in [0.3, 0.4) is 0 Å². The summed E-state index contributed by atoms with van der Waals surface area (Å²) < 4.78 is 20.9. The predicted molar refractivity (Wildman–Crippen MR) is 112 cm³/mol. The third kappa shape index (κ3) is 5.56. The van der Waals surface area contributed by atoms with E-state index >= 15 is 0 Å². The van der Waals surface area contributed by atoms with Crippen molar-refractivity contribution < 1.29 is 33.0 Å². The average molecular weight is 430 g/mol. The fourth-order valence-electron chi connectivity index (χ4n) is 3.36. The van der Waals surface area contributed by atoms with Crippen LogP contribution in [-0.2, 0) is 9.53 Å². The maximum atomic E-state index is 12.8. The molecule has 1 saturated heterocycles. The number of ether oxygens (including phenoxy) is 3. The molecule has 1 N–H and O–H groups in total. The summed E-state index contributed by atoms with van der Waals surface area (Å²) in [5.41, 5.74) is 0.174. The first-order valence-corrected chi connectivity index (χ1v) is 10.1. The predicted octanol–water partition coefficient (Wildman–Crippen LogP) is 3.11. The van der Waals surface area contributed by atoms with E-state index in [1.165, 1.54) is 38.7 Å². The highest BCUT2D eigenvalue weighted by Gasteiger charge is 2.23. The summed E-state index contributed by atoms with van der Waals surface area (Å²) in [6.07, 6.45) is 5.44. The quantitative estimate of drug-likeness (QED) is 0.673. The van der Waals surface area contributed by atoms with E-state index in [1.807, 2.05) is 0 Å². The summed E-state index contributed by atoms with van der Waals surface area (Å²) in [6, 6.07) is 5.92. The smallest absolute Gasteiger partial charge is 0.340 e. The number of carbonyl (C=O) groups is 3. The molecule has 1 aliphatic heterocycles. The zero-order chi connectivity index (χ0) is 22.2. The molecule has 1 aromatic carbocycles. The van der Waals surface area contributed by atoms with Crippen LogP contribution in [-0.4, -0.2) is 56.6 Å². The van der Waals surface area contributed by atoms with Crippen LogP contribution in [0.4, 0.5) is 5.69 Å². The molecule has 0 saturated carbocycles. The van der Waals surface area contributed by atoms with E-state index in [0.717, 1.165) is 25.7 Å². The third-order valence-electron chi connectivity index (χ3n) is 5.02. The Balaban J connectivity index is 1.77. The van der Waals surface area contributed by atoms with Gasteiger partial charge in [0, 0.05) is 25.2 Å². The molecule has 2 heterocycles. The van der Waals surface area contributed by atoms with Gasteiger partial charge in [0.25, 0.3) is 11.8 Å². The summed E-state index contributed by atoms with van der Waals surface area (Å²) in [5, 5.41) is 2.61. The molecule has 2 aromatic rings. The molecule has 0 atom stereocenters. The molecule has 9 nitrogen and oxygen atoms in total. The van der Waals surface area contributed by atoms with Gasteiger partial charge in [-0.25, -0.2) is 4.79 Å². The summed E-state index contributed by atoms with van der Waals surface area (Å²) in [5.74, 6) is -0.883. The molecular formula is C22H26N2O7. The Morgan fingerprint density at radius 3 is 2.32 bits per heavy atom. The third-order valence-corrected chi connectivity index (χ3v) is 5.02. The van der Waals surface area contributed by atoms with Gasteiger partial charge in [-0.05, 0) is 25.0 Å². The minimum absolute atomic E-state index is 0.0289. The first-order valence-electron chi connectivity index (χ1n) is 10.1. The number of amides is 2. The lowest BCUT2D eigenvalue weighted by Gasteiger charge is -2.20. The number of carbonyl (C=O) groups excluding carboxylic acids is 3. The lowest BCUT2D eigenvalue weighted by Crippen LogP contribution is -2.35. The van der Waals surface area contributed by atoms with E-state index in [2.05, 4.69) is 5.32 Å². The molecular weight excluding hydrogens is 404 g/mol. The molecule has 2 amide bonds. The molecule has 166 valence electrons. The molecule has 0 bridgehead atoms. The minimum atomic E-state index is -0.765. The second-order valence-electron chi connectivity index (χ2n) is 7.06. The van der Waals surface area contributed by atoms with Gasteiger partial charge in [-0.3, -0.25) is 9.59 Å². The van der Waals surface area contributed by atoms with Crippen LogP contribution >= 0.6 is 0 Å². The van der Waals surface area contributed by atoms with Crippen molar-refractivity contribution in [1.82, 2.24) is 4.90 Å². The Hall–Kier alpha value is -3.49. The second kappa shape index (κ2) is 10.5. The van der Waals surface area contributed by atoms with Gasteiger partial charge in [0.05, 0.1) is 31.7 Å². The Bertz CT molecular complexity index is 916. The van der Waals surface area contributed by atoms with Crippen molar-refractivity contribution in [1.29, 1.82) is 0 Å². The standard InChI is InChI=1S/C22H26N2O7/c1-28-18-12-15(22(27)31-14-20(25)24-9-5-3-4-6-10-24)16(13-19(18)29-2)23-21(26)17-8-7-11-30-17/h7-8,11-13H,3-6,9-10,14H2,1-2H3,(H,23,26). The summed E-state index contributed by atoms with van der Waals surface area (Å²) in [6.45, 7) is 0.952. The molecule has 0 aliphatic carbocycles. The van der Waals surface area contributed by atoms with Crippen LogP contribution in [0.15, 0.2) is 34.9 Å². The van der Waals surface area contributed by atoms with Gasteiger partial charge in [-0.1, -0.05) is 12.8 Å². The zero-order valence-electron chi connectivity index (χ0n) is 17.6. The zero-order valence-corrected chi connectivity index (χ0v) is 17.6. The Kier molecular flexibility index (Phi) is 7.53. The van der Waals surface area contributed by atoms with Crippen molar-refractivity contribution in [2.75, 3.05) is 39.2 Å². The Morgan fingerprint density at radius 1 is 1.03 bits per heavy atom. The number of nitrogens with zero attached hydrogens (tertiary/aromatic N) is 1. The summed E-state index contributed by atoms with van der Waals surface area (Å²) in [4.78, 5) is 39.4. The molecule has 9 heteroatoms. The first kappa shape index (κ1) is 22.2. The van der Waals surface area contributed by atoms with Gasteiger partial charge >= 0.3 is 5.97 Å². The number of hydrogen-bond donors (Lipinski definition) is 1. The van der Waals surface area contributed by atoms with Crippen molar-refractivity contribution in [2.45, 2.75) is 25.7 Å². The van der Waals surface area contributed by atoms with Gasteiger partial charge in [0.15, 0.2) is 23.9 Å². The van der Waals surface area contributed by atoms with Crippen LogP contribution in [0.1, 0.15) is 46.6 Å². The molecule has 1 aromatic heterocycles. The van der Waals surface area contributed by atoms with Crippen LogP contribution in [0.25, 0.3) is 0 Å². The number of anilines is 1. The van der Waals surface area contributed by atoms with Crippen molar-refractivity contribution in [3.8, 4) is 11.5 Å². The van der Waals surface area contributed by atoms with Crippen molar-refractivity contribution >= 4 is 23.5 Å². The second-order valence-corrected chi connectivity index (χ2v) is 7.06. The normalized spacial score (nSPS) is 13.8. The molecule has 31 heavy (non-hydrogen) atoms. The number of benzene rings is 1. The molecule has 0 spiro atoms. The van der Waals surface area contributed by atoms with Gasteiger partial charge in [0.1, 0.15) is 0 Å². The highest BCUT2D eigenvalue weighted by Crippen LogP contribution is 2.34. The average Bonchev–Trinajstić information content (AvgIpc) is 3.19. The molecule has 0 radical (unpaired) electrons. The van der Waals surface area contributed by atoms with Crippen LogP contribution in [0, 0.1) is 0 Å². The Morgan fingerprint density at radius 2 is 1.71 bits per heavy atom. The maximum Gasteiger partial charge on any atom is 0.340 e. The van der Waals surface area contributed by atoms with Crippen molar-refractivity contribution in [2.24, 2.45) is 0 Å². The number of rotatable bonds is 7. The molecule has 1 fully saturated rings. The van der Waals surface area contributed by atoms with Crippen LogP contribution in [0.5, 0.6) is 11.5 Å². The first-order chi connectivity index (χ1) is 15.0. The van der Waals surface area contributed by atoms with E-state index in [0.29, 0.717) is 18.8 Å². The topological polar surface area (TPSA) is 107 Å². The van der Waals surface area contributed by atoms with E-state index in [1.54, 1.807) is 11.0 Å². The van der Waals surface area contributed by atoms with E-state index in [4.69, 9.17) is 18.6 Å².